The summed E-state index contributed by atoms with van der Waals surface area (Å²) in [5.41, 5.74) is 0.991. The van der Waals surface area contributed by atoms with Crippen LogP contribution in [0, 0.1) is 16.2 Å². The Morgan fingerprint density at radius 3 is 1.33 bits per heavy atom. The van der Waals surface area contributed by atoms with Crippen molar-refractivity contribution in [1.82, 2.24) is 4.90 Å². The molecule has 0 bridgehead atoms. The Balaban J connectivity index is 3.88. The third-order valence-corrected chi connectivity index (χ3v) is 6.36. The lowest BCUT2D eigenvalue weighted by Crippen LogP contribution is -2.71. The second kappa shape index (κ2) is 8.42. The van der Waals surface area contributed by atoms with Crippen LogP contribution in [0.15, 0.2) is 0 Å². The number of rotatable bonds is 6. The van der Waals surface area contributed by atoms with E-state index in [1.165, 1.54) is 0 Å². The highest BCUT2D eigenvalue weighted by Crippen LogP contribution is 2.46. The lowest BCUT2D eigenvalue weighted by Gasteiger charge is -2.57. The van der Waals surface area contributed by atoms with E-state index in [-0.39, 0.29) is 5.91 Å². The zero-order valence-electron chi connectivity index (χ0n) is 20.9. The van der Waals surface area contributed by atoms with E-state index < -0.39 is 45.4 Å². The molecule has 0 aromatic rings. The van der Waals surface area contributed by atoms with Gasteiger partial charge in [0.1, 0.15) is 5.41 Å². The van der Waals surface area contributed by atoms with Gasteiger partial charge in [-0.2, -0.15) is 0 Å². The smallest absolute Gasteiger partial charge is 0.238 e. The summed E-state index contributed by atoms with van der Waals surface area (Å²) in [4.78, 5) is 28.7. The minimum atomic E-state index is -1.30. The van der Waals surface area contributed by atoms with Crippen LogP contribution >= 0.6 is 0 Å². The van der Waals surface area contributed by atoms with Gasteiger partial charge in [0.2, 0.25) is 11.8 Å². The second-order valence-corrected chi connectivity index (χ2v) is 12.6. The number of aliphatic hydroxyl groups is 2. The van der Waals surface area contributed by atoms with Crippen molar-refractivity contribution in [3.63, 3.8) is 0 Å². The molecular weight excluding hydrogens is 380 g/mol. The zero-order valence-corrected chi connectivity index (χ0v) is 20.9. The fraction of sp³-hybridized carbons (Fsp3) is 0.917. The molecule has 1 aliphatic rings. The molecule has 2 atom stereocenters. The third kappa shape index (κ3) is 5.56. The highest BCUT2D eigenvalue weighted by molar-refractivity contribution is 6.04. The van der Waals surface area contributed by atoms with Gasteiger partial charge in [0.15, 0.2) is 0 Å². The summed E-state index contributed by atoms with van der Waals surface area (Å²) >= 11 is 0. The molecule has 1 rings (SSSR count). The number of hydrogen-bond acceptors (Lipinski definition) is 4. The minimum Gasteiger partial charge on any atom is -0.388 e. The molecule has 0 aromatic heterocycles. The fourth-order valence-corrected chi connectivity index (χ4v) is 5.99. The molecule has 6 heteroatoms. The van der Waals surface area contributed by atoms with Crippen molar-refractivity contribution in [2.45, 2.75) is 125 Å². The number of carbonyl (C=O) groups excluding carboxylic acids is 2. The number of primary amides is 1. The van der Waals surface area contributed by atoms with E-state index in [1.54, 1.807) is 32.6 Å². The predicted octanol–water partition coefficient (Wildman–Crippen LogP) is 3.62. The first-order valence-electron chi connectivity index (χ1n) is 11.2. The van der Waals surface area contributed by atoms with Crippen LogP contribution in [-0.2, 0) is 9.59 Å². The molecule has 1 saturated carbocycles. The molecule has 0 saturated heterocycles. The Hall–Kier alpha value is -1.14. The molecule has 2 amide bonds. The monoisotopic (exact) mass is 426 g/mol. The molecule has 0 heterocycles. The summed E-state index contributed by atoms with van der Waals surface area (Å²) < 4.78 is 0. The molecule has 4 N–H and O–H groups in total. The molecule has 0 aromatic carbocycles. The molecule has 0 radical (unpaired) electrons. The van der Waals surface area contributed by atoms with E-state index in [2.05, 4.69) is 0 Å². The van der Waals surface area contributed by atoms with Crippen LogP contribution in [0.3, 0.4) is 0 Å². The van der Waals surface area contributed by atoms with E-state index in [1.807, 2.05) is 41.5 Å². The van der Waals surface area contributed by atoms with Gasteiger partial charge in [-0.05, 0) is 51.4 Å². The van der Waals surface area contributed by atoms with Gasteiger partial charge < -0.3 is 20.8 Å². The number of carbonyl (C=O) groups is 2. The molecule has 30 heavy (non-hydrogen) atoms. The maximum atomic E-state index is 14.3. The topological polar surface area (TPSA) is 104 Å². The quantitative estimate of drug-likeness (QED) is 0.564. The highest BCUT2D eigenvalue weighted by atomic mass is 16.3. The van der Waals surface area contributed by atoms with Crippen LogP contribution in [-0.4, -0.2) is 50.2 Å². The van der Waals surface area contributed by atoms with E-state index in [9.17, 15) is 19.8 Å². The van der Waals surface area contributed by atoms with Gasteiger partial charge in [-0.15, -0.1) is 0 Å². The summed E-state index contributed by atoms with van der Waals surface area (Å²) in [6.45, 7) is 18.6. The molecule has 0 aliphatic heterocycles. The van der Waals surface area contributed by atoms with Crippen LogP contribution in [0.25, 0.3) is 0 Å². The second-order valence-electron chi connectivity index (χ2n) is 12.6. The maximum Gasteiger partial charge on any atom is 0.238 e. The normalized spacial score (nSPS) is 20.4. The zero-order chi connectivity index (χ0) is 23.9. The summed E-state index contributed by atoms with van der Waals surface area (Å²) in [5, 5.41) is 22.5. The summed E-state index contributed by atoms with van der Waals surface area (Å²) in [5.74, 6) is -0.970. The fourth-order valence-electron chi connectivity index (χ4n) is 5.99. The Labute approximate surface area is 183 Å². The lowest BCUT2D eigenvalue weighted by molar-refractivity contribution is -0.185. The first kappa shape index (κ1) is 26.9. The van der Waals surface area contributed by atoms with Gasteiger partial charge in [0.05, 0.1) is 23.3 Å². The van der Waals surface area contributed by atoms with E-state index in [4.69, 9.17) is 5.73 Å². The van der Waals surface area contributed by atoms with Gasteiger partial charge in [-0.3, -0.25) is 9.59 Å². The number of nitrogens with zero attached hydrogens (tertiary/aromatic N) is 1. The molecule has 176 valence electrons. The Morgan fingerprint density at radius 2 is 1.10 bits per heavy atom. The summed E-state index contributed by atoms with van der Waals surface area (Å²) in [6.07, 6.45) is 3.29. The lowest BCUT2D eigenvalue weighted by atomic mass is 9.67. The number of amides is 2. The van der Waals surface area contributed by atoms with Crippen LogP contribution in [0.1, 0.15) is 101 Å². The first-order chi connectivity index (χ1) is 13.2. The van der Waals surface area contributed by atoms with Gasteiger partial charge in [-0.1, -0.05) is 60.8 Å². The van der Waals surface area contributed by atoms with Crippen molar-refractivity contribution >= 4 is 11.8 Å². The molecule has 1 aliphatic carbocycles. The van der Waals surface area contributed by atoms with Crippen molar-refractivity contribution < 1.29 is 19.8 Å². The van der Waals surface area contributed by atoms with Crippen LogP contribution in [0.2, 0.25) is 0 Å². The van der Waals surface area contributed by atoms with Crippen molar-refractivity contribution in [3.05, 3.63) is 0 Å². The van der Waals surface area contributed by atoms with E-state index >= 15 is 0 Å². The maximum absolute atomic E-state index is 14.3. The van der Waals surface area contributed by atoms with Crippen molar-refractivity contribution in [3.8, 4) is 0 Å². The van der Waals surface area contributed by atoms with Crippen molar-refractivity contribution in [2.75, 3.05) is 0 Å². The third-order valence-electron chi connectivity index (χ3n) is 6.36. The highest BCUT2D eigenvalue weighted by Gasteiger charge is 2.57. The van der Waals surface area contributed by atoms with Gasteiger partial charge in [0, 0.05) is 0 Å². The van der Waals surface area contributed by atoms with Gasteiger partial charge >= 0.3 is 0 Å². The first-order valence-corrected chi connectivity index (χ1v) is 11.2. The molecular formula is C24H46N2O4. The van der Waals surface area contributed by atoms with Crippen molar-refractivity contribution in [2.24, 2.45) is 22.0 Å². The van der Waals surface area contributed by atoms with Gasteiger partial charge in [0.25, 0.3) is 0 Å². The largest absolute Gasteiger partial charge is 0.388 e. The molecule has 0 spiro atoms. The van der Waals surface area contributed by atoms with Crippen LogP contribution in [0.5, 0.6) is 0 Å². The number of nitrogens with two attached hydrogens (primary N) is 1. The molecule has 6 nitrogen and oxygen atoms in total. The Bertz CT molecular complexity index is 564. The number of hydrogen-bond donors (Lipinski definition) is 3. The minimum absolute atomic E-state index is 0.362. The summed E-state index contributed by atoms with van der Waals surface area (Å²) in [7, 11) is 0. The SMILES string of the molecule is CC(C)(C)[C@@H](N(C(=O)C1(C(N)=O)CCCCC1)[C@H](C(C)(C)C)C(C)(C)O)C(C)(C)O. The van der Waals surface area contributed by atoms with E-state index in [0.29, 0.717) is 12.8 Å². The Morgan fingerprint density at radius 1 is 0.767 bits per heavy atom. The van der Waals surface area contributed by atoms with Crippen LogP contribution in [0.4, 0.5) is 0 Å². The van der Waals surface area contributed by atoms with Crippen LogP contribution < -0.4 is 5.73 Å². The Kier molecular flexibility index (Phi) is 7.55. The average molecular weight is 427 g/mol. The van der Waals surface area contributed by atoms with Gasteiger partial charge in [-0.25, -0.2) is 0 Å². The average Bonchev–Trinajstić information content (AvgIpc) is 2.48. The standard InChI is InChI=1S/C24H46N2O4/c1-20(2,3)16(22(7,8)29)26(17(21(4,5)6)23(9,10)30)19(28)24(18(25)27)14-12-11-13-15-24/h16-17,29-30H,11-15H2,1-10H3,(H2,25,27)/t16-,17-/m1/s1. The molecule has 1 fully saturated rings. The van der Waals surface area contributed by atoms with Crippen molar-refractivity contribution in [1.29, 1.82) is 0 Å². The van der Waals surface area contributed by atoms with E-state index in [0.717, 1.165) is 19.3 Å². The summed E-state index contributed by atoms with van der Waals surface area (Å²) in [6, 6.07) is -1.29. The molecule has 0 unspecified atom stereocenters. The predicted molar refractivity (Wildman–Crippen MR) is 121 cm³/mol.